The largest absolute Gasteiger partial charge is 0.329 e. The Bertz CT molecular complexity index is 158. The Balaban J connectivity index is 2.57. The van der Waals surface area contributed by atoms with E-state index in [9.17, 15) is 0 Å². The fourth-order valence-corrected chi connectivity index (χ4v) is 3.04. The van der Waals surface area contributed by atoms with Gasteiger partial charge < -0.3 is 11.1 Å². The highest BCUT2D eigenvalue weighted by Crippen LogP contribution is 2.35. The van der Waals surface area contributed by atoms with E-state index in [0.717, 1.165) is 24.9 Å². The van der Waals surface area contributed by atoms with E-state index in [1.165, 1.54) is 25.7 Å². The van der Waals surface area contributed by atoms with Crippen LogP contribution in [-0.4, -0.2) is 18.6 Å². The van der Waals surface area contributed by atoms with Crippen LogP contribution in [0.1, 0.15) is 46.5 Å². The molecule has 0 heterocycles. The standard InChI is InChI=1S/C12H26N2/c1-4-5-14-12(9-13)7-10(2)6-11(3)8-12/h10-11,14H,4-9,13H2,1-3H3. The van der Waals surface area contributed by atoms with Gasteiger partial charge in [-0.3, -0.25) is 0 Å². The molecule has 0 amide bonds. The van der Waals surface area contributed by atoms with Gasteiger partial charge in [-0.2, -0.15) is 0 Å². The first-order valence-corrected chi connectivity index (χ1v) is 6.07. The number of rotatable bonds is 4. The van der Waals surface area contributed by atoms with Gasteiger partial charge in [0.1, 0.15) is 0 Å². The van der Waals surface area contributed by atoms with Gasteiger partial charge in [-0.05, 0) is 44.1 Å². The van der Waals surface area contributed by atoms with Gasteiger partial charge >= 0.3 is 0 Å². The Labute approximate surface area is 88.6 Å². The minimum atomic E-state index is 0.243. The van der Waals surface area contributed by atoms with E-state index in [-0.39, 0.29) is 5.54 Å². The quantitative estimate of drug-likeness (QED) is 0.726. The molecule has 14 heavy (non-hydrogen) atoms. The van der Waals surface area contributed by atoms with Gasteiger partial charge in [-0.1, -0.05) is 20.8 Å². The monoisotopic (exact) mass is 198 g/mol. The van der Waals surface area contributed by atoms with E-state index in [1.54, 1.807) is 0 Å². The molecule has 1 rings (SSSR count). The normalized spacial score (nSPS) is 38.6. The Morgan fingerprint density at radius 2 is 1.86 bits per heavy atom. The van der Waals surface area contributed by atoms with Gasteiger partial charge in [0.15, 0.2) is 0 Å². The van der Waals surface area contributed by atoms with Crippen molar-refractivity contribution in [1.29, 1.82) is 0 Å². The molecule has 0 radical (unpaired) electrons. The summed E-state index contributed by atoms with van der Waals surface area (Å²) in [5.41, 5.74) is 6.18. The molecule has 2 unspecified atom stereocenters. The van der Waals surface area contributed by atoms with Crippen LogP contribution in [0, 0.1) is 11.8 Å². The van der Waals surface area contributed by atoms with Crippen molar-refractivity contribution < 1.29 is 0 Å². The first kappa shape index (κ1) is 12.0. The zero-order valence-corrected chi connectivity index (χ0v) is 9.97. The minimum absolute atomic E-state index is 0.243. The van der Waals surface area contributed by atoms with Crippen molar-refractivity contribution >= 4 is 0 Å². The van der Waals surface area contributed by atoms with Gasteiger partial charge in [0.2, 0.25) is 0 Å². The smallest absolute Gasteiger partial charge is 0.0309 e. The van der Waals surface area contributed by atoms with E-state index in [2.05, 4.69) is 26.1 Å². The predicted octanol–water partition coefficient (Wildman–Crippen LogP) is 2.14. The van der Waals surface area contributed by atoms with Crippen LogP contribution in [0.15, 0.2) is 0 Å². The van der Waals surface area contributed by atoms with Gasteiger partial charge in [0, 0.05) is 12.1 Å². The summed E-state index contributed by atoms with van der Waals surface area (Å²) >= 11 is 0. The van der Waals surface area contributed by atoms with Crippen molar-refractivity contribution in [3.8, 4) is 0 Å². The van der Waals surface area contributed by atoms with Crippen LogP contribution in [0.2, 0.25) is 0 Å². The van der Waals surface area contributed by atoms with E-state index in [4.69, 9.17) is 5.73 Å². The summed E-state index contributed by atoms with van der Waals surface area (Å²) in [6.07, 6.45) is 5.09. The maximum absolute atomic E-state index is 5.94. The molecule has 1 aliphatic carbocycles. The Hall–Kier alpha value is -0.0800. The summed E-state index contributed by atoms with van der Waals surface area (Å²) in [6.45, 7) is 8.83. The van der Waals surface area contributed by atoms with Crippen LogP contribution in [-0.2, 0) is 0 Å². The third kappa shape index (κ3) is 2.96. The van der Waals surface area contributed by atoms with Gasteiger partial charge in [0.25, 0.3) is 0 Å². The molecule has 0 saturated heterocycles. The SMILES string of the molecule is CCCNC1(CN)CC(C)CC(C)C1. The second kappa shape index (κ2) is 5.13. The lowest BCUT2D eigenvalue weighted by Crippen LogP contribution is -2.55. The van der Waals surface area contributed by atoms with Crippen LogP contribution in [0.4, 0.5) is 0 Å². The number of nitrogens with two attached hydrogens (primary N) is 1. The first-order chi connectivity index (χ1) is 6.62. The van der Waals surface area contributed by atoms with Gasteiger partial charge in [-0.15, -0.1) is 0 Å². The van der Waals surface area contributed by atoms with Crippen molar-refractivity contribution in [2.24, 2.45) is 17.6 Å². The third-order valence-electron chi connectivity index (χ3n) is 3.42. The Morgan fingerprint density at radius 3 is 2.29 bits per heavy atom. The second-order valence-electron chi connectivity index (χ2n) is 5.27. The molecule has 84 valence electrons. The average Bonchev–Trinajstić information content (AvgIpc) is 2.13. The van der Waals surface area contributed by atoms with Crippen molar-refractivity contribution in [2.75, 3.05) is 13.1 Å². The zero-order chi connectivity index (χ0) is 10.6. The maximum atomic E-state index is 5.94. The molecule has 0 spiro atoms. The molecule has 1 aliphatic rings. The van der Waals surface area contributed by atoms with Gasteiger partial charge in [-0.25, -0.2) is 0 Å². The second-order valence-corrected chi connectivity index (χ2v) is 5.27. The fraction of sp³-hybridized carbons (Fsp3) is 1.00. The molecular formula is C12H26N2. The summed E-state index contributed by atoms with van der Waals surface area (Å²) in [5, 5.41) is 3.67. The Morgan fingerprint density at radius 1 is 1.29 bits per heavy atom. The van der Waals surface area contributed by atoms with Crippen molar-refractivity contribution in [3.63, 3.8) is 0 Å². The first-order valence-electron chi connectivity index (χ1n) is 6.07. The molecule has 0 aliphatic heterocycles. The molecule has 0 aromatic carbocycles. The molecule has 2 nitrogen and oxygen atoms in total. The molecule has 0 aromatic heterocycles. The van der Waals surface area contributed by atoms with Crippen LogP contribution in [0.5, 0.6) is 0 Å². The summed E-state index contributed by atoms with van der Waals surface area (Å²) in [6, 6.07) is 0. The highest BCUT2D eigenvalue weighted by molar-refractivity contribution is 4.95. The van der Waals surface area contributed by atoms with E-state index in [0.29, 0.717) is 0 Å². The average molecular weight is 198 g/mol. The van der Waals surface area contributed by atoms with E-state index in [1.807, 2.05) is 0 Å². The van der Waals surface area contributed by atoms with Crippen LogP contribution < -0.4 is 11.1 Å². The minimum Gasteiger partial charge on any atom is -0.329 e. The molecule has 1 fully saturated rings. The molecular weight excluding hydrogens is 172 g/mol. The zero-order valence-electron chi connectivity index (χ0n) is 9.97. The van der Waals surface area contributed by atoms with Crippen LogP contribution in [0.3, 0.4) is 0 Å². The number of hydrogen-bond acceptors (Lipinski definition) is 2. The van der Waals surface area contributed by atoms with Crippen molar-refractivity contribution in [3.05, 3.63) is 0 Å². The van der Waals surface area contributed by atoms with Crippen molar-refractivity contribution in [1.82, 2.24) is 5.32 Å². The molecule has 1 saturated carbocycles. The summed E-state index contributed by atoms with van der Waals surface area (Å²) in [5.74, 6) is 1.65. The fourth-order valence-electron chi connectivity index (χ4n) is 3.04. The third-order valence-corrected chi connectivity index (χ3v) is 3.42. The lowest BCUT2D eigenvalue weighted by atomic mass is 9.71. The van der Waals surface area contributed by atoms with E-state index < -0.39 is 0 Å². The van der Waals surface area contributed by atoms with Crippen LogP contribution >= 0.6 is 0 Å². The van der Waals surface area contributed by atoms with Crippen molar-refractivity contribution in [2.45, 2.75) is 52.0 Å². The van der Waals surface area contributed by atoms with Gasteiger partial charge in [0.05, 0.1) is 0 Å². The topological polar surface area (TPSA) is 38.0 Å². The maximum Gasteiger partial charge on any atom is 0.0309 e. The summed E-state index contributed by atoms with van der Waals surface area (Å²) in [4.78, 5) is 0. The lowest BCUT2D eigenvalue weighted by Gasteiger charge is -2.43. The molecule has 2 atom stereocenters. The molecule has 2 heteroatoms. The molecule has 0 bridgehead atoms. The summed E-state index contributed by atoms with van der Waals surface area (Å²) < 4.78 is 0. The highest BCUT2D eigenvalue weighted by Gasteiger charge is 2.35. The number of nitrogens with one attached hydrogen (secondary N) is 1. The molecule has 3 N–H and O–H groups in total. The number of hydrogen-bond donors (Lipinski definition) is 2. The van der Waals surface area contributed by atoms with Crippen LogP contribution in [0.25, 0.3) is 0 Å². The summed E-state index contributed by atoms with van der Waals surface area (Å²) in [7, 11) is 0. The predicted molar refractivity (Wildman–Crippen MR) is 62.3 cm³/mol. The molecule has 0 aromatic rings. The highest BCUT2D eigenvalue weighted by atomic mass is 15.0. The lowest BCUT2D eigenvalue weighted by molar-refractivity contribution is 0.150. The Kier molecular flexibility index (Phi) is 4.39. The van der Waals surface area contributed by atoms with E-state index >= 15 is 0 Å².